The highest BCUT2D eigenvalue weighted by atomic mass is 32.2. The van der Waals surface area contributed by atoms with E-state index < -0.39 is 16.1 Å². The van der Waals surface area contributed by atoms with E-state index in [0.29, 0.717) is 22.7 Å². The molecule has 0 atom stereocenters. The van der Waals surface area contributed by atoms with E-state index in [-0.39, 0.29) is 0 Å². The van der Waals surface area contributed by atoms with Crippen LogP contribution in [0.3, 0.4) is 0 Å². The lowest BCUT2D eigenvalue weighted by atomic mass is 10.3. The molecular weight excluding hydrogens is 304 g/mol. The fourth-order valence-corrected chi connectivity index (χ4v) is 2.26. The van der Waals surface area contributed by atoms with Crippen molar-refractivity contribution in [2.75, 3.05) is 27.3 Å². The Labute approximate surface area is 128 Å². The highest BCUT2D eigenvalue weighted by molar-refractivity contribution is 7.92. The molecule has 0 spiro atoms. The lowest BCUT2D eigenvalue weighted by Crippen LogP contribution is -2.19. The topological polar surface area (TPSA) is 113 Å². The molecule has 2 aromatic rings. The third-order valence-electron chi connectivity index (χ3n) is 2.61. The van der Waals surface area contributed by atoms with Gasteiger partial charge in [0, 0.05) is 22.7 Å². The maximum absolute atomic E-state index is 11.8. The second kappa shape index (κ2) is 6.35. The van der Waals surface area contributed by atoms with Crippen molar-refractivity contribution >= 4 is 38.8 Å². The fourth-order valence-electron chi connectivity index (χ4n) is 1.70. The van der Waals surface area contributed by atoms with Gasteiger partial charge >= 0.3 is 6.03 Å². The summed E-state index contributed by atoms with van der Waals surface area (Å²) in [6.07, 6.45) is 1.07. The van der Waals surface area contributed by atoms with Crippen LogP contribution in [0, 0.1) is 0 Å². The summed E-state index contributed by atoms with van der Waals surface area (Å²) in [6, 6.07) is 12.6. The minimum Gasteiger partial charge on any atom is -0.399 e. The Bertz CT molecular complexity index is 756. The molecule has 2 aromatic carbocycles. The number of nitrogen functional groups attached to an aromatic ring is 1. The van der Waals surface area contributed by atoms with Gasteiger partial charge in [0.15, 0.2) is 0 Å². The Balaban J connectivity index is 1.95. The van der Waals surface area contributed by atoms with Gasteiger partial charge in [-0.3, -0.25) is 4.72 Å². The third kappa shape index (κ3) is 4.98. The SMILES string of the molecule is CS(=O)(=O)Nc1ccc(NC(=O)Nc2ccc(N)cc2)cc1. The number of nitrogens with one attached hydrogen (secondary N) is 3. The molecule has 0 aliphatic rings. The van der Waals surface area contributed by atoms with Crippen molar-refractivity contribution in [3.05, 3.63) is 48.5 Å². The molecule has 2 rings (SSSR count). The second-order valence-corrected chi connectivity index (χ2v) is 6.40. The molecule has 0 bridgehead atoms. The van der Waals surface area contributed by atoms with Crippen LogP contribution in [0.5, 0.6) is 0 Å². The largest absolute Gasteiger partial charge is 0.399 e. The van der Waals surface area contributed by atoms with Gasteiger partial charge in [-0.1, -0.05) is 0 Å². The first-order valence-electron chi connectivity index (χ1n) is 6.33. The predicted molar refractivity (Wildman–Crippen MR) is 88.4 cm³/mol. The van der Waals surface area contributed by atoms with E-state index in [1.165, 1.54) is 0 Å². The van der Waals surface area contributed by atoms with Crippen molar-refractivity contribution in [2.45, 2.75) is 0 Å². The maximum atomic E-state index is 11.8. The lowest BCUT2D eigenvalue weighted by Gasteiger charge is -2.09. The number of sulfonamides is 1. The Kier molecular flexibility index (Phi) is 4.52. The number of carbonyl (C=O) groups excluding carboxylic acids is 1. The molecule has 0 saturated heterocycles. The molecule has 0 unspecified atom stereocenters. The standard InChI is InChI=1S/C14H16N4O3S/c1-22(20,21)18-13-8-6-12(7-9-13)17-14(19)16-11-4-2-10(15)3-5-11/h2-9,18H,15H2,1H3,(H2,16,17,19). The molecule has 0 radical (unpaired) electrons. The van der Waals surface area contributed by atoms with Crippen LogP contribution in [0.2, 0.25) is 0 Å². The zero-order valence-electron chi connectivity index (χ0n) is 11.8. The molecule has 116 valence electrons. The number of amides is 2. The lowest BCUT2D eigenvalue weighted by molar-refractivity contribution is 0.262. The molecule has 0 heterocycles. The molecule has 0 aliphatic heterocycles. The zero-order valence-corrected chi connectivity index (χ0v) is 12.6. The van der Waals surface area contributed by atoms with E-state index in [4.69, 9.17) is 5.73 Å². The van der Waals surface area contributed by atoms with E-state index >= 15 is 0 Å². The highest BCUT2D eigenvalue weighted by Gasteiger charge is 2.04. The Hall–Kier alpha value is -2.74. The summed E-state index contributed by atoms with van der Waals surface area (Å²) in [7, 11) is -3.32. The average Bonchev–Trinajstić information content (AvgIpc) is 2.42. The smallest absolute Gasteiger partial charge is 0.323 e. The van der Waals surface area contributed by atoms with Crippen molar-refractivity contribution in [1.29, 1.82) is 0 Å². The van der Waals surface area contributed by atoms with Crippen LogP contribution >= 0.6 is 0 Å². The number of urea groups is 1. The van der Waals surface area contributed by atoms with Crippen LogP contribution in [-0.2, 0) is 10.0 Å². The van der Waals surface area contributed by atoms with Crippen LogP contribution in [0.15, 0.2) is 48.5 Å². The third-order valence-corrected chi connectivity index (χ3v) is 3.22. The van der Waals surface area contributed by atoms with E-state index in [2.05, 4.69) is 15.4 Å². The van der Waals surface area contributed by atoms with Gasteiger partial charge in [-0.05, 0) is 48.5 Å². The zero-order chi connectivity index (χ0) is 16.2. The molecule has 0 aliphatic carbocycles. The Morgan fingerprint density at radius 1 is 0.864 bits per heavy atom. The first-order valence-corrected chi connectivity index (χ1v) is 8.22. The van der Waals surface area contributed by atoms with Crippen LogP contribution < -0.4 is 21.1 Å². The van der Waals surface area contributed by atoms with Gasteiger partial charge in [-0.2, -0.15) is 0 Å². The second-order valence-electron chi connectivity index (χ2n) is 4.65. The van der Waals surface area contributed by atoms with Crippen LogP contribution in [0.1, 0.15) is 0 Å². The number of hydrogen-bond acceptors (Lipinski definition) is 4. The van der Waals surface area contributed by atoms with Gasteiger partial charge in [0.1, 0.15) is 0 Å². The quantitative estimate of drug-likeness (QED) is 0.647. The van der Waals surface area contributed by atoms with Crippen molar-refractivity contribution < 1.29 is 13.2 Å². The molecule has 2 amide bonds. The van der Waals surface area contributed by atoms with Gasteiger partial charge in [0.05, 0.1) is 6.26 Å². The number of anilines is 4. The van der Waals surface area contributed by atoms with Gasteiger partial charge < -0.3 is 16.4 Å². The normalized spacial score (nSPS) is 10.8. The minimum absolute atomic E-state index is 0.409. The summed E-state index contributed by atoms with van der Waals surface area (Å²) in [5.41, 5.74) is 7.74. The molecular formula is C14H16N4O3S. The van der Waals surface area contributed by atoms with Gasteiger partial charge in [-0.15, -0.1) is 0 Å². The number of nitrogens with two attached hydrogens (primary N) is 1. The van der Waals surface area contributed by atoms with E-state index in [1.807, 2.05) is 0 Å². The first-order chi connectivity index (χ1) is 10.3. The monoisotopic (exact) mass is 320 g/mol. The predicted octanol–water partition coefficient (Wildman–Crippen LogP) is 2.28. The van der Waals surface area contributed by atoms with E-state index in [9.17, 15) is 13.2 Å². The van der Waals surface area contributed by atoms with Crippen molar-refractivity contribution in [3.63, 3.8) is 0 Å². The fraction of sp³-hybridized carbons (Fsp3) is 0.0714. The maximum Gasteiger partial charge on any atom is 0.323 e. The van der Waals surface area contributed by atoms with E-state index in [0.717, 1.165) is 6.26 Å². The molecule has 22 heavy (non-hydrogen) atoms. The van der Waals surface area contributed by atoms with Crippen molar-refractivity contribution in [2.24, 2.45) is 0 Å². The van der Waals surface area contributed by atoms with Crippen LogP contribution in [0.25, 0.3) is 0 Å². The minimum atomic E-state index is -3.32. The number of carbonyl (C=O) groups is 1. The van der Waals surface area contributed by atoms with Gasteiger partial charge in [0.2, 0.25) is 10.0 Å². The number of rotatable bonds is 4. The molecule has 0 fully saturated rings. The summed E-state index contributed by atoms with van der Waals surface area (Å²) in [5, 5.41) is 5.29. The van der Waals surface area contributed by atoms with Gasteiger partial charge in [-0.25, -0.2) is 13.2 Å². The summed E-state index contributed by atoms with van der Waals surface area (Å²) in [6.45, 7) is 0. The first kappa shape index (κ1) is 15.6. The Morgan fingerprint density at radius 2 is 1.27 bits per heavy atom. The highest BCUT2D eigenvalue weighted by Crippen LogP contribution is 2.15. The van der Waals surface area contributed by atoms with E-state index in [1.54, 1.807) is 48.5 Å². The Morgan fingerprint density at radius 3 is 1.73 bits per heavy atom. The number of hydrogen-bond donors (Lipinski definition) is 4. The summed E-state index contributed by atoms with van der Waals surface area (Å²) in [4.78, 5) is 11.8. The molecule has 8 heteroatoms. The average molecular weight is 320 g/mol. The number of benzene rings is 2. The van der Waals surface area contributed by atoms with Crippen molar-refractivity contribution in [3.8, 4) is 0 Å². The molecule has 0 saturated carbocycles. The molecule has 7 nitrogen and oxygen atoms in total. The van der Waals surface area contributed by atoms with Crippen LogP contribution in [-0.4, -0.2) is 20.7 Å². The van der Waals surface area contributed by atoms with Crippen LogP contribution in [0.4, 0.5) is 27.5 Å². The summed E-state index contributed by atoms with van der Waals surface area (Å²) < 4.78 is 24.5. The molecule has 5 N–H and O–H groups in total. The summed E-state index contributed by atoms with van der Waals surface area (Å²) in [5.74, 6) is 0. The van der Waals surface area contributed by atoms with Crippen molar-refractivity contribution in [1.82, 2.24) is 0 Å². The molecule has 0 aromatic heterocycles. The van der Waals surface area contributed by atoms with Gasteiger partial charge in [0.25, 0.3) is 0 Å². The summed E-state index contributed by atoms with van der Waals surface area (Å²) >= 11 is 0.